The normalized spacial score (nSPS) is 17.3. The van der Waals surface area contributed by atoms with Crippen molar-refractivity contribution in [2.24, 2.45) is 10.9 Å². The first kappa shape index (κ1) is 33.2. The molecule has 6 atom stereocenters. The van der Waals surface area contributed by atoms with Gasteiger partial charge in [-0.15, -0.1) is 0 Å². The predicted molar refractivity (Wildman–Crippen MR) is 132 cm³/mol. The van der Waals surface area contributed by atoms with Gasteiger partial charge in [-0.05, 0) is 41.5 Å². The van der Waals surface area contributed by atoms with E-state index in [0.29, 0.717) is 46.1 Å². The quantitative estimate of drug-likeness (QED) is 0.0427. The van der Waals surface area contributed by atoms with Crippen LogP contribution >= 0.6 is 0 Å². The molecule has 3 N–H and O–H groups in total. The summed E-state index contributed by atoms with van der Waals surface area (Å²) in [4.78, 5) is 11.2. The molecule has 0 aromatic rings. The number of hydrogen-bond donors (Lipinski definition) is 2. The van der Waals surface area contributed by atoms with E-state index in [-0.39, 0.29) is 49.1 Å². The molecule has 0 saturated carbocycles. The predicted octanol–water partition coefficient (Wildman–Crippen LogP) is 2.28. The molecule has 11 heteroatoms. The molecule has 0 aromatic heterocycles. The number of nitrogens with two attached hydrogens (primary N) is 1. The highest BCUT2D eigenvalue weighted by atomic mass is 16.6. The Hall–Kier alpha value is -1.76. The Morgan fingerprint density at radius 2 is 1.14 bits per heavy atom. The Bertz CT molecular complexity index is 591. The molecule has 0 aliphatic rings. The van der Waals surface area contributed by atoms with Gasteiger partial charge in [-0.25, -0.2) is 4.79 Å². The fourth-order valence-electron chi connectivity index (χ4n) is 2.50. The van der Waals surface area contributed by atoms with Gasteiger partial charge in [0, 0.05) is 12.5 Å². The monoisotopic (exact) mass is 506 g/mol. The minimum Gasteiger partial charge on any atom is -0.457 e. The summed E-state index contributed by atoms with van der Waals surface area (Å²) in [7, 11) is 0. The number of oxime groups is 1. The summed E-state index contributed by atoms with van der Waals surface area (Å²) in [6.45, 7) is 17.5. The molecule has 0 aliphatic heterocycles. The molecule has 0 heterocycles. The third kappa shape index (κ3) is 20.2. The summed E-state index contributed by atoms with van der Waals surface area (Å²) in [5.74, 6) is -0.333. The molecular weight excluding hydrogens is 460 g/mol. The Morgan fingerprint density at radius 3 is 1.51 bits per heavy atom. The SMILES string of the molecule is C=CC(=O)OC(C)COC(C)COC(C)COC(C)COC(C)COC(C)COCC/C(N)=N/O. The largest absolute Gasteiger partial charge is 0.457 e. The number of esters is 1. The van der Waals surface area contributed by atoms with Gasteiger partial charge in [0.05, 0.1) is 76.8 Å². The van der Waals surface area contributed by atoms with Crippen molar-refractivity contribution in [2.75, 3.05) is 46.2 Å². The van der Waals surface area contributed by atoms with Gasteiger partial charge in [-0.1, -0.05) is 11.7 Å². The van der Waals surface area contributed by atoms with E-state index in [9.17, 15) is 4.79 Å². The maximum absolute atomic E-state index is 11.2. The number of nitrogens with zero attached hydrogens (tertiary/aromatic N) is 1. The lowest BCUT2D eigenvalue weighted by atomic mass is 10.3. The second-order valence-corrected chi connectivity index (χ2v) is 8.59. The van der Waals surface area contributed by atoms with Gasteiger partial charge in [0.25, 0.3) is 0 Å². The Kier molecular flexibility index (Phi) is 19.4. The Labute approximate surface area is 209 Å². The number of amidine groups is 1. The molecule has 35 heavy (non-hydrogen) atoms. The van der Waals surface area contributed by atoms with Crippen molar-refractivity contribution in [3.8, 4) is 0 Å². The van der Waals surface area contributed by atoms with Gasteiger partial charge in [0.2, 0.25) is 0 Å². The Morgan fingerprint density at radius 1 is 0.771 bits per heavy atom. The van der Waals surface area contributed by atoms with Crippen molar-refractivity contribution in [3.05, 3.63) is 12.7 Å². The lowest BCUT2D eigenvalue weighted by Crippen LogP contribution is -2.30. The van der Waals surface area contributed by atoms with Crippen LogP contribution in [0.3, 0.4) is 0 Å². The van der Waals surface area contributed by atoms with E-state index in [1.165, 1.54) is 0 Å². The van der Waals surface area contributed by atoms with E-state index in [1.807, 2.05) is 34.6 Å². The van der Waals surface area contributed by atoms with Crippen molar-refractivity contribution in [2.45, 2.75) is 84.6 Å². The molecule has 0 saturated heterocycles. The van der Waals surface area contributed by atoms with Crippen LogP contribution in [0.2, 0.25) is 0 Å². The van der Waals surface area contributed by atoms with Crippen LogP contribution in [0, 0.1) is 0 Å². The summed E-state index contributed by atoms with van der Waals surface area (Å²) >= 11 is 0. The fraction of sp³-hybridized carbons (Fsp3) is 0.833. The second kappa shape index (κ2) is 20.4. The summed E-state index contributed by atoms with van der Waals surface area (Å²) in [6.07, 6.45) is 0.580. The zero-order chi connectivity index (χ0) is 26.6. The van der Waals surface area contributed by atoms with Crippen molar-refractivity contribution >= 4 is 11.8 Å². The molecule has 11 nitrogen and oxygen atoms in total. The number of hydrogen-bond acceptors (Lipinski definition) is 10. The van der Waals surface area contributed by atoms with Crippen LogP contribution in [0.15, 0.2) is 17.8 Å². The fourth-order valence-corrected chi connectivity index (χ4v) is 2.50. The van der Waals surface area contributed by atoms with Gasteiger partial charge in [0.15, 0.2) is 0 Å². The number of rotatable bonds is 22. The first-order valence-corrected chi connectivity index (χ1v) is 12.0. The molecular formula is C24H46N2O9. The molecule has 0 aromatic carbocycles. The van der Waals surface area contributed by atoms with E-state index < -0.39 is 5.97 Å². The second-order valence-electron chi connectivity index (χ2n) is 8.59. The number of carbonyl (C=O) groups is 1. The average molecular weight is 507 g/mol. The van der Waals surface area contributed by atoms with Crippen LogP contribution in [0.5, 0.6) is 0 Å². The number of carbonyl (C=O) groups excluding carboxylic acids is 1. The van der Waals surface area contributed by atoms with E-state index in [0.717, 1.165) is 6.08 Å². The lowest BCUT2D eigenvalue weighted by Gasteiger charge is -2.22. The van der Waals surface area contributed by atoms with Crippen molar-refractivity contribution in [3.63, 3.8) is 0 Å². The lowest BCUT2D eigenvalue weighted by molar-refractivity contribution is -0.147. The number of ether oxygens (including phenoxy) is 7. The minimum absolute atomic E-state index is 0.0968. The van der Waals surface area contributed by atoms with Gasteiger partial charge in [0.1, 0.15) is 11.9 Å². The van der Waals surface area contributed by atoms with E-state index >= 15 is 0 Å². The Balaban J connectivity index is 3.84. The summed E-state index contributed by atoms with van der Waals surface area (Å²) in [5, 5.41) is 11.4. The van der Waals surface area contributed by atoms with Crippen LogP contribution in [0.25, 0.3) is 0 Å². The molecule has 0 radical (unpaired) electrons. The molecule has 0 amide bonds. The molecule has 0 bridgehead atoms. The van der Waals surface area contributed by atoms with Crippen LogP contribution in [0.1, 0.15) is 48.0 Å². The maximum Gasteiger partial charge on any atom is 0.330 e. The molecule has 0 aliphatic carbocycles. The molecule has 206 valence electrons. The van der Waals surface area contributed by atoms with Gasteiger partial charge in [-0.2, -0.15) is 0 Å². The van der Waals surface area contributed by atoms with E-state index in [4.69, 9.17) is 44.1 Å². The summed E-state index contributed by atoms with van der Waals surface area (Å²) in [5.41, 5.74) is 5.38. The molecule has 0 fully saturated rings. The van der Waals surface area contributed by atoms with Crippen molar-refractivity contribution in [1.82, 2.24) is 0 Å². The summed E-state index contributed by atoms with van der Waals surface area (Å²) in [6, 6.07) is 0. The average Bonchev–Trinajstić information content (AvgIpc) is 2.84. The standard InChI is InChI=1S/C24H46N2O9/c1-8-24(27)35-22(7)16-34-21(6)15-33-20(5)14-32-19(4)13-31-18(3)12-30-17(2)11-29-10-9-23(25)26-28/h8,17-22,28H,1,9-16H2,2-7H3,(H2,25,26). The highest BCUT2D eigenvalue weighted by molar-refractivity contribution is 5.81. The third-order valence-electron chi connectivity index (χ3n) is 4.54. The maximum atomic E-state index is 11.2. The smallest absolute Gasteiger partial charge is 0.330 e. The first-order chi connectivity index (χ1) is 16.6. The minimum atomic E-state index is -0.469. The molecule has 0 spiro atoms. The van der Waals surface area contributed by atoms with Crippen molar-refractivity contribution < 1.29 is 43.2 Å². The highest BCUT2D eigenvalue weighted by Crippen LogP contribution is 2.04. The van der Waals surface area contributed by atoms with Crippen molar-refractivity contribution in [1.29, 1.82) is 0 Å². The zero-order valence-corrected chi connectivity index (χ0v) is 22.1. The van der Waals surface area contributed by atoms with Gasteiger partial charge >= 0.3 is 5.97 Å². The van der Waals surface area contributed by atoms with E-state index in [1.54, 1.807) is 6.92 Å². The van der Waals surface area contributed by atoms with Gasteiger partial charge < -0.3 is 44.1 Å². The van der Waals surface area contributed by atoms with Crippen LogP contribution < -0.4 is 5.73 Å². The summed E-state index contributed by atoms with van der Waals surface area (Å²) < 4.78 is 39.2. The van der Waals surface area contributed by atoms with Crippen LogP contribution in [-0.4, -0.2) is 99.9 Å². The first-order valence-electron chi connectivity index (χ1n) is 12.0. The topological polar surface area (TPSA) is 140 Å². The third-order valence-corrected chi connectivity index (χ3v) is 4.54. The van der Waals surface area contributed by atoms with Crippen LogP contribution in [-0.2, 0) is 38.0 Å². The van der Waals surface area contributed by atoms with Crippen LogP contribution in [0.4, 0.5) is 0 Å². The molecule has 6 unspecified atom stereocenters. The highest BCUT2D eigenvalue weighted by Gasteiger charge is 2.14. The molecule has 0 rings (SSSR count). The van der Waals surface area contributed by atoms with Gasteiger partial charge in [-0.3, -0.25) is 0 Å². The van der Waals surface area contributed by atoms with E-state index in [2.05, 4.69) is 11.7 Å². The zero-order valence-electron chi connectivity index (χ0n) is 22.1.